The van der Waals surface area contributed by atoms with E-state index in [4.69, 9.17) is 16.3 Å². The molecule has 0 spiro atoms. The Labute approximate surface area is 272 Å². The molecular weight excluding hydrogens is 696 g/mol. The van der Waals surface area contributed by atoms with Crippen LogP contribution < -0.4 is 15.0 Å². The van der Waals surface area contributed by atoms with Crippen molar-refractivity contribution in [3.05, 3.63) is 96.9 Å². The number of anilines is 1. The Bertz CT molecular complexity index is 1610. The summed E-state index contributed by atoms with van der Waals surface area (Å²) in [5.74, 6) is 1.47. The summed E-state index contributed by atoms with van der Waals surface area (Å²) in [6, 6.07) is 18.2. The Morgan fingerprint density at radius 3 is 2.14 bits per heavy atom. The standard InChI is InChI=1S/C34H29Br2ClN2O4/c35-25-5-1-19(2-6-25)18-43-30-28(36)13-20(14-29(30)37)12-27-31(40)38-33(42)39(32(27)41)26-7-3-24(4-8-26)34-15-21-9-22(16-34)11-23(10-21)17-34/h1-8,12-14,21-23H,9-11,15-18H2,(H,38,40,42)/b27-12+. The van der Waals surface area contributed by atoms with Gasteiger partial charge in [-0.25, -0.2) is 9.69 Å². The van der Waals surface area contributed by atoms with E-state index in [-0.39, 0.29) is 11.0 Å². The van der Waals surface area contributed by atoms with Crippen molar-refractivity contribution >= 4 is 73.1 Å². The van der Waals surface area contributed by atoms with Gasteiger partial charge >= 0.3 is 6.03 Å². The van der Waals surface area contributed by atoms with Crippen LogP contribution in [0.25, 0.3) is 6.08 Å². The van der Waals surface area contributed by atoms with Gasteiger partial charge in [0.15, 0.2) is 5.75 Å². The average molecular weight is 725 g/mol. The van der Waals surface area contributed by atoms with Crippen molar-refractivity contribution in [1.82, 2.24) is 5.32 Å². The Hall–Kier alpha value is -2.94. The van der Waals surface area contributed by atoms with Gasteiger partial charge in [-0.2, -0.15) is 0 Å². The second-order valence-corrected chi connectivity index (χ2v) is 14.6. The molecular formula is C34H29Br2ClN2O4. The minimum atomic E-state index is -0.759. The Balaban J connectivity index is 1.11. The summed E-state index contributed by atoms with van der Waals surface area (Å²) in [5, 5.41) is 2.64. The van der Waals surface area contributed by atoms with Gasteiger partial charge in [0.25, 0.3) is 11.8 Å². The van der Waals surface area contributed by atoms with Crippen molar-refractivity contribution in [3.63, 3.8) is 0 Å². The number of urea groups is 1. The van der Waals surface area contributed by atoms with E-state index in [1.54, 1.807) is 12.1 Å². The lowest BCUT2D eigenvalue weighted by atomic mass is 9.48. The lowest BCUT2D eigenvalue weighted by Gasteiger charge is -2.57. The van der Waals surface area contributed by atoms with Crippen molar-refractivity contribution in [1.29, 1.82) is 0 Å². The summed E-state index contributed by atoms with van der Waals surface area (Å²) in [7, 11) is 0. The fourth-order valence-electron chi connectivity index (χ4n) is 8.02. The van der Waals surface area contributed by atoms with E-state index in [0.29, 0.717) is 33.1 Å². The third-order valence-electron chi connectivity index (χ3n) is 9.51. The van der Waals surface area contributed by atoms with Crippen molar-refractivity contribution in [2.24, 2.45) is 17.8 Å². The highest BCUT2D eigenvalue weighted by atomic mass is 79.9. The van der Waals surface area contributed by atoms with E-state index in [9.17, 15) is 14.4 Å². The first-order chi connectivity index (χ1) is 20.7. The topological polar surface area (TPSA) is 75.7 Å². The molecule has 1 N–H and O–H groups in total. The van der Waals surface area contributed by atoms with Crippen LogP contribution in [0, 0.1) is 17.8 Å². The summed E-state index contributed by atoms with van der Waals surface area (Å²) in [4.78, 5) is 40.3. The van der Waals surface area contributed by atoms with Crippen LogP contribution >= 0.6 is 43.5 Å². The van der Waals surface area contributed by atoms with E-state index >= 15 is 0 Å². The number of nitrogens with zero attached hydrogens (tertiary/aromatic N) is 1. The minimum Gasteiger partial charge on any atom is -0.486 e. The number of ether oxygens (including phenoxy) is 1. The van der Waals surface area contributed by atoms with E-state index in [0.717, 1.165) is 32.7 Å². The highest BCUT2D eigenvalue weighted by Crippen LogP contribution is 2.60. The van der Waals surface area contributed by atoms with Gasteiger partial charge in [0, 0.05) is 4.47 Å². The second-order valence-electron chi connectivity index (χ2n) is 12.4. The predicted octanol–water partition coefficient (Wildman–Crippen LogP) is 8.58. The van der Waals surface area contributed by atoms with Crippen LogP contribution in [-0.2, 0) is 21.6 Å². The average Bonchev–Trinajstić information content (AvgIpc) is 2.95. The molecule has 4 amide bonds. The maximum atomic E-state index is 13.6. The first-order valence-electron chi connectivity index (χ1n) is 14.6. The molecule has 9 heteroatoms. The molecule has 6 nitrogen and oxygen atoms in total. The van der Waals surface area contributed by atoms with E-state index in [1.807, 2.05) is 36.4 Å². The van der Waals surface area contributed by atoms with Crippen LogP contribution in [0.2, 0.25) is 5.02 Å². The zero-order valence-corrected chi connectivity index (χ0v) is 27.2. The summed E-state index contributed by atoms with van der Waals surface area (Å²) >= 11 is 13.5. The number of halogens is 3. The Kier molecular flexibility index (Phi) is 7.51. The highest BCUT2D eigenvalue weighted by Gasteiger charge is 2.51. The summed E-state index contributed by atoms with van der Waals surface area (Å²) in [5.41, 5.74) is 3.27. The van der Waals surface area contributed by atoms with E-state index in [2.05, 4.69) is 49.3 Å². The Morgan fingerprint density at radius 1 is 0.907 bits per heavy atom. The van der Waals surface area contributed by atoms with Crippen LogP contribution in [0.4, 0.5) is 10.5 Å². The van der Waals surface area contributed by atoms with Gasteiger partial charge in [-0.3, -0.25) is 14.9 Å². The molecule has 0 atom stereocenters. The maximum Gasteiger partial charge on any atom is 0.335 e. The largest absolute Gasteiger partial charge is 0.486 e. The number of hydrogen-bond acceptors (Lipinski definition) is 4. The number of imide groups is 2. The van der Waals surface area contributed by atoms with Crippen LogP contribution in [0.5, 0.6) is 5.75 Å². The molecule has 5 fully saturated rings. The fourth-order valence-corrected chi connectivity index (χ4v) is 9.28. The van der Waals surface area contributed by atoms with E-state index in [1.165, 1.54) is 50.2 Å². The zero-order chi connectivity index (χ0) is 29.9. The second kappa shape index (κ2) is 11.2. The number of amides is 4. The number of hydrogen-bond donors (Lipinski definition) is 1. The first kappa shape index (κ1) is 28.8. The maximum absolute atomic E-state index is 13.6. The molecule has 0 unspecified atom stereocenters. The van der Waals surface area contributed by atoms with Gasteiger partial charge in [0.1, 0.15) is 12.2 Å². The van der Waals surface area contributed by atoms with Crippen molar-refractivity contribution in [3.8, 4) is 5.75 Å². The molecule has 4 saturated carbocycles. The molecule has 5 aliphatic rings. The lowest BCUT2D eigenvalue weighted by molar-refractivity contribution is -0.122. The summed E-state index contributed by atoms with van der Waals surface area (Å²) < 4.78 is 7.49. The SMILES string of the molecule is O=C1NC(=O)N(c2ccc(C34CC5CC(CC(C5)C3)C4)cc2)C(=O)/C1=C/c1cc(Cl)c(OCc2ccc(Br)cc2)c(Br)c1. The number of benzene rings is 3. The monoisotopic (exact) mass is 722 g/mol. The molecule has 4 aliphatic carbocycles. The fraction of sp³-hybridized carbons (Fsp3) is 0.324. The summed E-state index contributed by atoms with van der Waals surface area (Å²) in [6.45, 7) is 0.311. The molecule has 8 rings (SSSR count). The molecule has 3 aromatic carbocycles. The quantitative estimate of drug-likeness (QED) is 0.204. The number of nitrogens with one attached hydrogen (secondary N) is 1. The van der Waals surface area contributed by atoms with Gasteiger partial charge in [-0.15, -0.1) is 0 Å². The van der Waals surface area contributed by atoms with Gasteiger partial charge in [0.2, 0.25) is 0 Å². The molecule has 1 saturated heterocycles. The molecule has 3 aromatic rings. The van der Waals surface area contributed by atoms with E-state index < -0.39 is 17.8 Å². The lowest BCUT2D eigenvalue weighted by Crippen LogP contribution is -2.54. The molecule has 1 aliphatic heterocycles. The summed E-state index contributed by atoms with van der Waals surface area (Å²) in [6.07, 6.45) is 9.24. The molecule has 220 valence electrons. The van der Waals surface area contributed by atoms with Crippen molar-refractivity contribution in [2.45, 2.75) is 50.5 Å². The van der Waals surface area contributed by atoms with Gasteiger partial charge < -0.3 is 4.74 Å². The predicted molar refractivity (Wildman–Crippen MR) is 173 cm³/mol. The third-order valence-corrected chi connectivity index (χ3v) is 10.9. The number of carbonyl (C=O) groups is 3. The third kappa shape index (κ3) is 5.47. The number of carbonyl (C=O) groups excluding carboxylic acids is 3. The van der Waals surface area contributed by atoms with Crippen molar-refractivity contribution < 1.29 is 19.1 Å². The molecule has 1 heterocycles. The van der Waals surface area contributed by atoms with Gasteiger partial charge in [0.05, 0.1) is 15.2 Å². The van der Waals surface area contributed by atoms with Crippen molar-refractivity contribution in [2.75, 3.05) is 4.90 Å². The van der Waals surface area contributed by atoms with Crippen LogP contribution in [-0.4, -0.2) is 17.8 Å². The normalized spacial score (nSPS) is 27.1. The molecule has 0 radical (unpaired) electrons. The van der Waals surface area contributed by atoms with Gasteiger partial charge in [-0.1, -0.05) is 51.8 Å². The van der Waals surface area contributed by atoms with Crippen LogP contribution in [0.1, 0.15) is 55.2 Å². The molecule has 0 aromatic heterocycles. The zero-order valence-electron chi connectivity index (χ0n) is 23.2. The minimum absolute atomic E-state index is 0.156. The molecule has 43 heavy (non-hydrogen) atoms. The number of rotatable bonds is 6. The van der Waals surface area contributed by atoms with Gasteiger partial charge in [-0.05, 0) is 137 Å². The highest BCUT2D eigenvalue weighted by molar-refractivity contribution is 9.10. The smallest absolute Gasteiger partial charge is 0.335 e. The number of barbiturate groups is 1. The molecule has 4 bridgehead atoms. The first-order valence-corrected chi connectivity index (χ1v) is 16.5. The van der Waals surface area contributed by atoms with Crippen LogP contribution in [0.3, 0.4) is 0 Å². The van der Waals surface area contributed by atoms with Crippen LogP contribution in [0.15, 0.2) is 75.2 Å². The Morgan fingerprint density at radius 2 is 1.53 bits per heavy atom.